The summed E-state index contributed by atoms with van der Waals surface area (Å²) in [5, 5.41) is 12.9. The number of carboxylic acids is 1. The molecule has 0 atom stereocenters. The highest BCUT2D eigenvalue weighted by Gasteiger charge is 2.34. The third-order valence-corrected chi connectivity index (χ3v) is 7.97. The summed E-state index contributed by atoms with van der Waals surface area (Å²) in [6.45, 7) is 0.256. The van der Waals surface area contributed by atoms with Gasteiger partial charge < -0.3 is 19.1 Å². The number of nitrogens with zero attached hydrogens (tertiary/aromatic N) is 5. The van der Waals surface area contributed by atoms with Crippen LogP contribution in [0.25, 0.3) is 33.5 Å². The zero-order valence-corrected chi connectivity index (χ0v) is 26.4. The lowest BCUT2D eigenvalue weighted by Gasteiger charge is -2.12. The normalized spacial score (nSPS) is 11.8. The number of hydrogen-bond donors (Lipinski definition) is 1. The topological polar surface area (TPSA) is 104 Å². The fraction of sp³-hybridized carbons (Fsp3) is 0.200. The second-order valence-corrected chi connectivity index (χ2v) is 11.3. The average molecular weight is 696 g/mol. The predicted octanol–water partition coefficient (Wildman–Crippen LogP) is 7.45. The first-order chi connectivity index (χ1) is 23.8. The van der Waals surface area contributed by atoms with Gasteiger partial charge in [-0.2, -0.15) is 18.3 Å². The van der Waals surface area contributed by atoms with E-state index in [0.29, 0.717) is 23.4 Å². The monoisotopic (exact) mass is 695 g/mol. The van der Waals surface area contributed by atoms with Gasteiger partial charge in [0.1, 0.15) is 29.9 Å². The van der Waals surface area contributed by atoms with Crippen molar-refractivity contribution in [2.24, 2.45) is 7.05 Å². The smallest absolute Gasteiger partial charge is 0.435 e. The first-order valence-corrected chi connectivity index (χ1v) is 15.0. The maximum Gasteiger partial charge on any atom is 0.435 e. The Bertz CT molecular complexity index is 2230. The summed E-state index contributed by atoms with van der Waals surface area (Å²) in [5.41, 5.74) is 0.181. The van der Waals surface area contributed by atoms with Gasteiger partial charge in [-0.25, -0.2) is 27.9 Å². The molecule has 0 radical (unpaired) electrons. The molecule has 3 aromatic heterocycles. The number of aromatic nitrogens is 5. The molecular weight excluding hydrogens is 668 g/mol. The van der Waals surface area contributed by atoms with Crippen molar-refractivity contribution < 1.29 is 45.7 Å². The van der Waals surface area contributed by atoms with Crippen molar-refractivity contribution in [3.63, 3.8) is 0 Å². The van der Waals surface area contributed by atoms with Gasteiger partial charge in [0.2, 0.25) is 5.88 Å². The molecule has 0 amide bonds. The van der Waals surface area contributed by atoms with Crippen LogP contribution in [0.2, 0.25) is 0 Å². The van der Waals surface area contributed by atoms with Gasteiger partial charge in [0.15, 0.2) is 5.69 Å². The lowest BCUT2D eigenvalue weighted by molar-refractivity contribution is -0.141. The van der Waals surface area contributed by atoms with E-state index in [9.17, 15) is 27.5 Å². The van der Waals surface area contributed by atoms with E-state index < -0.39 is 35.3 Å². The zero-order valence-electron chi connectivity index (χ0n) is 26.4. The minimum atomic E-state index is -4.65. The second-order valence-electron chi connectivity index (χ2n) is 11.3. The van der Waals surface area contributed by atoms with Gasteiger partial charge in [0.25, 0.3) is 0 Å². The van der Waals surface area contributed by atoms with Crippen LogP contribution in [0, 0.1) is 17.5 Å². The highest BCUT2D eigenvalue weighted by molar-refractivity contribution is 5.92. The highest BCUT2D eigenvalue weighted by Crippen LogP contribution is 2.32. The largest absolute Gasteiger partial charge is 0.478 e. The van der Waals surface area contributed by atoms with Gasteiger partial charge in [0.05, 0.1) is 34.6 Å². The molecule has 0 saturated heterocycles. The van der Waals surface area contributed by atoms with E-state index in [1.807, 2.05) is 0 Å². The molecule has 15 heteroatoms. The van der Waals surface area contributed by atoms with Gasteiger partial charge in [-0.05, 0) is 54.1 Å². The van der Waals surface area contributed by atoms with Crippen LogP contribution in [0.1, 0.15) is 33.0 Å². The number of halogens is 6. The van der Waals surface area contributed by atoms with Crippen LogP contribution < -0.4 is 4.74 Å². The molecule has 6 rings (SSSR count). The summed E-state index contributed by atoms with van der Waals surface area (Å²) < 4.78 is 98.7. The summed E-state index contributed by atoms with van der Waals surface area (Å²) in [6.07, 6.45) is -4.75. The van der Waals surface area contributed by atoms with Gasteiger partial charge >= 0.3 is 12.1 Å². The van der Waals surface area contributed by atoms with E-state index in [1.165, 1.54) is 56.6 Å². The molecule has 258 valence electrons. The number of carboxylic acid groups (broad SMARTS) is 1. The highest BCUT2D eigenvalue weighted by atomic mass is 19.4. The molecule has 0 aliphatic rings. The van der Waals surface area contributed by atoms with Gasteiger partial charge in [-0.3, -0.25) is 4.68 Å². The van der Waals surface area contributed by atoms with E-state index in [0.717, 1.165) is 28.9 Å². The second kappa shape index (κ2) is 13.7. The summed E-state index contributed by atoms with van der Waals surface area (Å²) in [6, 6.07) is 15.6. The Balaban J connectivity index is 1.20. The fourth-order valence-electron chi connectivity index (χ4n) is 5.46. The van der Waals surface area contributed by atoms with Crippen LogP contribution >= 0.6 is 0 Å². The Morgan fingerprint density at radius 2 is 1.68 bits per heavy atom. The molecule has 0 fully saturated rings. The molecule has 0 bridgehead atoms. The molecule has 0 saturated carbocycles. The van der Waals surface area contributed by atoms with Gasteiger partial charge in [-0.1, -0.05) is 18.2 Å². The number of ether oxygens (including phenoxy) is 2. The third kappa shape index (κ3) is 7.03. The van der Waals surface area contributed by atoms with Crippen molar-refractivity contribution in [3.05, 3.63) is 118 Å². The molecule has 3 heterocycles. The summed E-state index contributed by atoms with van der Waals surface area (Å²) in [4.78, 5) is 20.3. The third-order valence-electron chi connectivity index (χ3n) is 7.97. The van der Waals surface area contributed by atoms with Crippen LogP contribution in [-0.2, 0) is 37.5 Å². The van der Waals surface area contributed by atoms with E-state index in [-0.39, 0.29) is 64.7 Å². The van der Waals surface area contributed by atoms with Crippen LogP contribution in [0.15, 0.2) is 72.8 Å². The molecule has 50 heavy (non-hydrogen) atoms. The Morgan fingerprint density at radius 3 is 2.38 bits per heavy atom. The van der Waals surface area contributed by atoms with Gasteiger partial charge in [0, 0.05) is 49.9 Å². The molecule has 0 unspecified atom stereocenters. The van der Waals surface area contributed by atoms with Crippen molar-refractivity contribution in [3.8, 4) is 28.4 Å². The standard InChI is InChI=1S/C35H27F6N5O4/c1-45-29(17-31(44-45)35(39,40)41)19-6-7-21(24(36)12-19)18-50-33-5-3-4-27(43-33)23-16-25(37)22(13-26(23)38)15-32-42-28-9-8-20(34(47)48)14-30(28)46(32)10-11-49-2/h3-9,12-14,16-17H,10-11,15,18H2,1-2H3,(H,47,48). The van der Waals surface area contributed by atoms with E-state index >= 15 is 8.78 Å². The lowest BCUT2D eigenvalue weighted by Crippen LogP contribution is -2.10. The number of carbonyl (C=O) groups is 1. The maximum atomic E-state index is 15.5. The van der Waals surface area contributed by atoms with Crippen LogP contribution in [0.4, 0.5) is 26.3 Å². The number of alkyl halides is 3. The average Bonchev–Trinajstić information content (AvgIpc) is 3.64. The molecule has 6 aromatic rings. The Kier molecular flexibility index (Phi) is 9.34. The minimum absolute atomic E-state index is 0.00533. The Morgan fingerprint density at radius 1 is 0.900 bits per heavy atom. The van der Waals surface area contributed by atoms with Gasteiger partial charge in [-0.15, -0.1) is 0 Å². The number of rotatable bonds is 11. The van der Waals surface area contributed by atoms with Crippen molar-refractivity contribution >= 4 is 17.0 Å². The van der Waals surface area contributed by atoms with E-state index in [4.69, 9.17) is 9.47 Å². The molecule has 0 spiro atoms. The molecule has 1 N–H and O–H groups in total. The number of fused-ring (bicyclic) bond motifs is 1. The number of pyridine rings is 1. The fourth-order valence-corrected chi connectivity index (χ4v) is 5.46. The molecular formula is C35H27F6N5O4. The minimum Gasteiger partial charge on any atom is -0.478 e. The van der Waals surface area contributed by atoms with Crippen LogP contribution in [0.3, 0.4) is 0 Å². The van der Waals surface area contributed by atoms with E-state index in [2.05, 4.69) is 15.1 Å². The summed E-state index contributed by atoms with van der Waals surface area (Å²) in [7, 11) is 2.82. The quantitative estimate of drug-likeness (QED) is 0.141. The summed E-state index contributed by atoms with van der Waals surface area (Å²) in [5.74, 6) is -2.99. The number of imidazole rings is 1. The Labute approximate surface area is 280 Å². The number of benzene rings is 3. The van der Waals surface area contributed by atoms with Crippen LogP contribution in [0.5, 0.6) is 5.88 Å². The lowest BCUT2D eigenvalue weighted by atomic mass is 10.0. The maximum absolute atomic E-state index is 15.5. The van der Waals surface area contributed by atoms with Crippen molar-refractivity contribution in [1.29, 1.82) is 0 Å². The summed E-state index contributed by atoms with van der Waals surface area (Å²) >= 11 is 0. The number of aromatic carboxylic acids is 1. The molecule has 9 nitrogen and oxygen atoms in total. The van der Waals surface area contributed by atoms with Crippen molar-refractivity contribution in [2.75, 3.05) is 13.7 Å². The first-order valence-electron chi connectivity index (χ1n) is 15.0. The van der Waals surface area contributed by atoms with Crippen molar-refractivity contribution in [2.45, 2.75) is 25.7 Å². The number of hydrogen-bond acceptors (Lipinski definition) is 6. The van der Waals surface area contributed by atoms with Crippen LogP contribution in [-0.4, -0.2) is 49.1 Å². The zero-order chi connectivity index (χ0) is 35.7. The molecule has 3 aromatic carbocycles. The Hall–Kier alpha value is -5.70. The van der Waals surface area contributed by atoms with E-state index in [1.54, 1.807) is 10.6 Å². The predicted molar refractivity (Wildman–Crippen MR) is 169 cm³/mol. The SMILES string of the molecule is COCCn1c(Cc2cc(F)c(-c3cccc(OCc4ccc(-c5cc(C(F)(F)F)nn5C)cc4F)n3)cc2F)nc2ccc(C(=O)O)cc21. The molecule has 0 aliphatic heterocycles. The number of methoxy groups -OCH3 is 1. The van der Waals surface area contributed by atoms with Crippen molar-refractivity contribution in [1.82, 2.24) is 24.3 Å². The first kappa shape index (κ1) is 34.2. The number of aryl methyl sites for hydroxylation is 1. The molecule has 0 aliphatic carbocycles.